The Balaban J connectivity index is 1.33. The minimum atomic E-state index is 0.762. The van der Waals surface area contributed by atoms with Gasteiger partial charge in [-0.15, -0.1) is 0 Å². The van der Waals surface area contributed by atoms with Gasteiger partial charge in [0.2, 0.25) is 5.78 Å². The van der Waals surface area contributed by atoms with Crippen LogP contribution in [0.25, 0.3) is 78.1 Å². The van der Waals surface area contributed by atoms with Gasteiger partial charge in [-0.3, -0.25) is 23.7 Å². The summed E-state index contributed by atoms with van der Waals surface area (Å²) in [7, 11) is 0. The molecule has 0 bridgehead atoms. The summed E-state index contributed by atoms with van der Waals surface area (Å²) in [5.41, 5.74) is 10.5. The molecule has 0 aliphatic carbocycles. The van der Waals surface area contributed by atoms with Gasteiger partial charge < -0.3 is 0 Å². The van der Waals surface area contributed by atoms with Crippen LogP contribution in [-0.4, -0.2) is 43.0 Å². The first-order chi connectivity index (χ1) is 21.9. The quantitative estimate of drug-likeness (QED) is 0.228. The van der Waals surface area contributed by atoms with Gasteiger partial charge in [-0.2, -0.15) is 0 Å². The summed E-state index contributed by atoms with van der Waals surface area (Å²) >= 11 is 0. The topological polar surface area (TPSA) is 83.7 Å². The Hall–Kier alpha value is -6.35. The minimum Gasteiger partial charge on any atom is -0.295 e. The normalized spacial score (nSPS) is 12.1. The fourth-order valence-corrected chi connectivity index (χ4v) is 6.66. The van der Waals surface area contributed by atoms with Crippen LogP contribution in [0.2, 0.25) is 0 Å². The average molecular weight is 568 g/mol. The summed E-state index contributed by atoms with van der Waals surface area (Å²) < 4.78 is 8.80. The van der Waals surface area contributed by atoms with Crippen LogP contribution < -0.4 is 0 Å². The highest BCUT2D eigenvalue weighted by Gasteiger charge is 2.24. The molecule has 0 N–H and O–H groups in total. The summed E-state index contributed by atoms with van der Waals surface area (Å²) in [6, 6.07) is 33.1. The molecule has 0 saturated carbocycles. The van der Waals surface area contributed by atoms with Crippen molar-refractivity contribution in [3.8, 4) is 17.1 Å². The van der Waals surface area contributed by atoms with E-state index in [2.05, 4.69) is 90.4 Å². The maximum absolute atomic E-state index is 5.00. The molecule has 10 aromatic rings. The van der Waals surface area contributed by atoms with Crippen molar-refractivity contribution < 1.29 is 0 Å². The maximum Gasteiger partial charge on any atom is 0.223 e. The predicted octanol–water partition coefficient (Wildman–Crippen LogP) is 7.05. The van der Waals surface area contributed by atoms with Crippen molar-refractivity contribution >= 4 is 61.1 Å². The first-order valence-electron chi connectivity index (χ1n) is 14.4. The summed E-state index contributed by atoms with van der Waals surface area (Å²) in [6.45, 7) is 0. The highest BCUT2D eigenvalue weighted by atomic mass is 15.3. The molecule has 10 rings (SSSR count). The first kappa shape index (κ1) is 23.2. The molecule has 0 aliphatic heterocycles. The molecule has 9 heteroatoms. The molecule has 0 aliphatic rings. The van der Waals surface area contributed by atoms with Crippen molar-refractivity contribution in [1.29, 1.82) is 0 Å². The molecule has 0 amide bonds. The zero-order valence-electron chi connectivity index (χ0n) is 23.1. The monoisotopic (exact) mass is 567 g/mol. The number of hydrogen-bond donors (Lipinski definition) is 0. The van der Waals surface area contributed by atoms with E-state index in [4.69, 9.17) is 15.0 Å². The number of hydrogen-bond acceptors (Lipinski definition) is 5. The van der Waals surface area contributed by atoms with Gasteiger partial charge in [-0.05, 0) is 72.8 Å². The molecule has 0 saturated heterocycles. The Labute approximate surface area is 248 Å². The second-order valence-corrected chi connectivity index (χ2v) is 10.8. The van der Waals surface area contributed by atoms with Gasteiger partial charge in [0.25, 0.3) is 0 Å². The van der Waals surface area contributed by atoms with Crippen LogP contribution in [-0.2, 0) is 0 Å². The molecular weight excluding hydrogens is 546 g/mol. The number of fused-ring (bicyclic) bond motifs is 10. The summed E-state index contributed by atoms with van der Waals surface area (Å²) in [5.74, 6) is 0.762. The number of rotatable bonds is 3. The van der Waals surface area contributed by atoms with E-state index in [-0.39, 0.29) is 0 Å². The third kappa shape index (κ3) is 2.99. The van der Waals surface area contributed by atoms with Crippen molar-refractivity contribution in [2.45, 2.75) is 0 Å². The van der Waals surface area contributed by atoms with Crippen molar-refractivity contribution in [2.24, 2.45) is 0 Å². The Morgan fingerprint density at radius 2 is 1.25 bits per heavy atom. The fourth-order valence-electron chi connectivity index (χ4n) is 6.66. The third-order valence-corrected chi connectivity index (χ3v) is 8.40. The lowest BCUT2D eigenvalue weighted by atomic mass is 10.2. The van der Waals surface area contributed by atoms with Gasteiger partial charge in [-0.1, -0.05) is 24.3 Å². The molecule has 0 spiro atoms. The van der Waals surface area contributed by atoms with Gasteiger partial charge in [0.1, 0.15) is 11.2 Å². The second-order valence-electron chi connectivity index (χ2n) is 10.8. The van der Waals surface area contributed by atoms with Crippen molar-refractivity contribution in [3.63, 3.8) is 0 Å². The van der Waals surface area contributed by atoms with E-state index in [1.54, 1.807) is 6.20 Å². The number of benzene rings is 2. The summed E-state index contributed by atoms with van der Waals surface area (Å²) in [5, 5.41) is 2.13. The lowest BCUT2D eigenvalue weighted by Gasteiger charge is -2.14. The summed E-state index contributed by atoms with van der Waals surface area (Å²) in [4.78, 5) is 23.8. The van der Waals surface area contributed by atoms with Gasteiger partial charge in [0.15, 0.2) is 11.3 Å². The van der Waals surface area contributed by atoms with Gasteiger partial charge in [-0.25, -0.2) is 19.4 Å². The Morgan fingerprint density at radius 3 is 2.14 bits per heavy atom. The lowest BCUT2D eigenvalue weighted by Crippen LogP contribution is -2.03. The molecule has 9 nitrogen and oxygen atoms in total. The predicted molar refractivity (Wildman–Crippen MR) is 172 cm³/mol. The van der Waals surface area contributed by atoms with Crippen LogP contribution in [0.4, 0.5) is 0 Å². The van der Waals surface area contributed by atoms with Crippen molar-refractivity contribution in [1.82, 2.24) is 43.0 Å². The van der Waals surface area contributed by atoms with E-state index >= 15 is 0 Å². The number of para-hydroxylation sites is 1. The largest absolute Gasteiger partial charge is 0.295 e. The van der Waals surface area contributed by atoms with Crippen LogP contribution in [0.15, 0.2) is 128 Å². The van der Waals surface area contributed by atoms with E-state index in [9.17, 15) is 0 Å². The van der Waals surface area contributed by atoms with Gasteiger partial charge in [0.05, 0.1) is 33.1 Å². The Bertz CT molecular complexity index is 2730. The van der Waals surface area contributed by atoms with Crippen LogP contribution >= 0.6 is 0 Å². The molecule has 8 heterocycles. The zero-order valence-corrected chi connectivity index (χ0v) is 23.1. The van der Waals surface area contributed by atoms with E-state index in [0.29, 0.717) is 0 Å². The Morgan fingerprint density at radius 1 is 0.523 bits per heavy atom. The van der Waals surface area contributed by atoms with Gasteiger partial charge in [0, 0.05) is 47.7 Å². The molecule has 0 unspecified atom stereocenters. The molecule has 0 atom stereocenters. The molecular formula is C35H21N9. The van der Waals surface area contributed by atoms with Crippen LogP contribution in [0, 0.1) is 0 Å². The molecule has 8 aromatic heterocycles. The van der Waals surface area contributed by atoms with E-state index in [1.165, 1.54) is 0 Å². The maximum atomic E-state index is 5.00. The fraction of sp³-hybridized carbons (Fsp3) is 0. The van der Waals surface area contributed by atoms with Crippen LogP contribution in [0.3, 0.4) is 0 Å². The molecule has 0 fully saturated rings. The van der Waals surface area contributed by atoms with E-state index in [0.717, 1.165) is 78.1 Å². The first-order valence-corrected chi connectivity index (χ1v) is 14.4. The number of nitrogens with zero attached hydrogens (tertiary/aromatic N) is 9. The number of pyridine rings is 4. The molecule has 0 radical (unpaired) electrons. The van der Waals surface area contributed by atoms with Crippen LogP contribution in [0.1, 0.15) is 0 Å². The SMILES string of the molecule is c1ccc(-n2c3ccncc3c3c4ncccc4n(-c4cccc(-n5c6cccnc6n6c7ncccc7nc56)c4)c32)cc1. The van der Waals surface area contributed by atoms with E-state index in [1.807, 2.05) is 59.5 Å². The second kappa shape index (κ2) is 8.59. The lowest BCUT2D eigenvalue weighted by molar-refractivity contribution is 1.05. The zero-order chi connectivity index (χ0) is 28.8. The number of aromatic nitrogens is 9. The highest BCUT2D eigenvalue weighted by molar-refractivity contribution is 6.21. The third-order valence-electron chi connectivity index (χ3n) is 8.40. The van der Waals surface area contributed by atoms with Crippen molar-refractivity contribution in [3.05, 3.63) is 128 Å². The highest BCUT2D eigenvalue weighted by Crippen LogP contribution is 2.40. The summed E-state index contributed by atoms with van der Waals surface area (Å²) in [6.07, 6.45) is 9.25. The average Bonchev–Trinajstić information content (AvgIpc) is 3.80. The molecule has 2 aromatic carbocycles. The Kier molecular flexibility index (Phi) is 4.54. The molecule has 44 heavy (non-hydrogen) atoms. The smallest absolute Gasteiger partial charge is 0.223 e. The minimum absolute atomic E-state index is 0.762. The van der Waals surface area contributed by atoms with Crippen molar-refractivity contribution in [2.75, 3.05) is 0 Å². The van der Waals surface area contributed by atoms with Crippen LogP contribution in [0.5, 0.6) is 0 Å². The van der Waals surface area contributed by atoms with Gasteiger partial charge >= 0.3 is 0 Å². The number of imidazole rings is 2. The molecule has 206 valence electrons. The standard InChI is InChI=1S/C35H21N9/c1-2-8-22(9-3-1)41-27-15-19-36-21-25(27)30-31-28(13-6-16-37-31)42(34(30)41)23-10-4-11-24(20-23)43-29-14-7-18-39-33(29)44-32-26(40-35(43)44)12-5-17-38-32/h1-21H. The van der Waals surface area contributed by atoms with E-state index < -0.39 is 0 Å².